The van der Waals surface area contributed by atoms with Crippen molar-refractivity contribution in [3.05, 3.63) is 120 Å². The van der Waals surface area contributed by atoms with E-state index in [4.69, 9.17) is 20.3 Å². The third kappa shape index (κ3) is 6.04. The Morgan fingerprint density at radius 3 is 1.64 bits per heavy atom. The molecular formula is C32H22N8O2. The van der Waals surface area contributed by atoms with Crippen molar-refractivity contribution in [2.75, 3.05) is 11.5 Å². The SMILES string of the molecule is N#Cc1c(-c2ccccc2)nc(N)nc1-c1ccco1.N#Cc1c(/C=C/c2ccccc2)nc(N)nc1-c1ccco1. The predicted octanol–water partition coefficient (Wildman–Crippen LogP) is 6.22. The van der Waals surface area contributed by atoms with Crippen LogP contribution in [0.25, 0.3) is 46.3 Å². The summed E-state index contributed by atoms with van der Waals surface area (Å²) >= 11 is 0. The van der Waals surface area contributed by atoms with Gasteiger partial charge >= 0.3 is 0 Å². The molecule has 0 amide bonds. The molecule has 10 heteroatoms. The maximum absolute atomic E-state index is 9.44. The summed E-state index contributed by atoms with van der Waals surface area (Å²) in [5.41, 5.74) is 15.8. The molecule has 4 aromatic heterocycles. The van der Waals surface area contributed by atoms with E-state index in [0.717, 1.165) is 11.1 Å². The second-order valence-corrected chi connectivity index (χ2v) is 8.63. The third-order valence-electron chi connectivity index (χ3n) is 5.89. The molecule has 0 fully saturated rings. The number of nitrogens with two attached hydrogens (primary N) is 2. The van der Waals surface area contributed by atoms with Crippen LogP contribution >= 0.6 is 0 Å². The summed E-state index contributed by atoms with van der Waals surface area (Å²) in [5.74, 6) is 1.18. The fourth-order valence-corrected chi connectivity index (χ4v) is 4.04. The minimum Gasteiger partial charge on any atom is -0.463 e. The Bertz CT molecular complexity index is 1900. The molecular weight excluding hydrogens is 528 g/mol. The number of nitrogen functional groups attached to an aromatic ring is 2. The molecule has 0 radical (unpaired) electrons. The molecule has 202 valence electrons. The van der Waals surface area contributed by atoms with Crippen LogP contribution in [0.2, 0.25) is 0 Å². The lowest BCUT2D eigenvalue weighted by Crippen LogP contribution is -2.02. The maximum Gasteiger partial charge on any atom is 0.221 e. The highest BCUT2D eigenvalue weighted by atomic mass is 16.3. The Labute approximate surface area is 240 Å². The van der Waals surface area contributed by atoms with Crippen LogP contribution in [0.15, 0.2) is 106 Å². The highest BCUT2D eigenvalue weighted by molar-refractivity contribution is 5.77. The van der Waals surface area contributed by atoms with Gasteiger partial charge in [-0.1, -0.05) is 66.7 Å². The standard InChI is InChI=1S/C17H12N4O.C15H10N4O/c18-11-13-14(9-8-12-5-2-1-3-6-12)20-17(19)21-16(13)15-7-4-10-22-15;16-9-11-13(10-5-2-1-3-6-10)18-15(17)19-14(11)12-7-4-8-20-12/h1-10H,(H2,19,20,21);1-8H,(H2,17,18,19)/b9-8+;. The van der Waals surface area contributed by atoms with Gasteiger partial charge in [0.2, 0.25) is 11.9 Å². The van der Waals surface area contributed by atoms with Gasteiger partial charge in [0.15, 0.2) is 11.5 Å². The molecule has 4 heterocycles. The molecule has 0 unspecified atom stereocenters. The van der Waals surface area contributed by atoms with Crippen molar-refractivity contribution in [1.29, 1.82) is 10.5 Å². The zero-order chi connectivity index (χ0) is 29.3. The first kappa shape index (κ1) is 27.1. The Hall–Kier alpha value is -6.52. The zero-order valence-electron chi connectivity index (χ0n) is 22.0. The van der Waals surface area contributed by atoms with Gasteiger partial charge in [-0.25, -0.2) is 19.9 Å². The van der Waals surface area contributed by atoms with Gasteiger partial charge in [0.25, 0.3) is 0 Å². The van der Waals surface area contributed by atoms with Gasteiger partial charge in [-0.2, -0.15) is 10.5 Å². The Kier molecular flexibility index (Phi) is 8.09. The van der Waals surface area contributed by atoms with Crippen LogP contribution in [-0.2, 0) is 0 Å². The molecule has 0 atom stereocenters. The van der Waals surface area contributed by atoms with E-state index in [1.807, 2.05) is 66.7 Å². The molecule has 2 aromatic carbocycles. The van der Waals surface area contributed by atoms with E-state index in [1.54, 1.807) is 30.3 Å². The van der Waals surface area contributed by atoms with E-state index in [9.17, 15) is 10.5 Å². The van der Waals surface area contributed by atoms with Gasteiger partial charge in [0, 0.05) is 5.56 Å². The predicted molar refractivity (Wildman–Crippen MR) is 159 cm³/mol. The number of benzene rings is 2. The van der Waals surface area contributed by atoms with Crippen LogP contribution < -0.4 is 11.5 Å². The molecule has 0 saturated carbocycles. The minimum atomic E-state index is 0.0955. The van der Waals surface area contributed by atoms with Crippen LogP contribution in [0.4, 0.5) is 11.9 Å². The van der Waals surface area contributed by atoms with Crippen LogP contribution in [0.1, 0.15) is 22.4 Å². The first-order valence-corrected chi connectivity index (χ1v) is 12.6. The number of hydrogen-bond donors (Lipinski definition) is 2. The number of nitrogens with zero attached hydrogens (tertiary/aromatic N) is 6. The lowest BCUT2D eigenvalue weighted by Gasteiger charge is -2.07. The van der Waals surface area contributed by atoms with Crippen molar-refractivity contribution in [1.82, 2.24) is 19.9 Å². The maximum atomic E-state index is 9.44. The number of aromatic nitrogens is 4. The van der Waals surface area contributed by atoms with Crippen LogP contribution in [-0.4, -0.2) is 19.9 Å². The molecule has 0 aliphatic heterocycles. The van der Waals surface area contributed by atoms with E-state index in [2.05, 4.69) is 32.1 Å². The first-order chi connectivity index (χ1) is 20.6. The van der Waals surface area contributed by atoms with Gasteiger partial charge in [0.1, 0.15) is 34.7 Å². The fraction of sp³-hybridized carbons (Fsp3) is 0. The van der Waals surface area contributed by atoms with Gasteiger partial charge in [0.05, 0.1) is 23.9 Å². The highest BCUT2D eigenvalue weighted by Gasteiger charge is 2.18. The topological polar surface area (TPSA) is 177 Å². The van der Waals surface area contributed by atoms with Crippen molar-refractivity contribution in [3.8, 4) is 46.3 Å². The molecule has 10 nitrogen and oxygen atoms in total. The number of rotatable bonds is 5. The molecule has 4 N–H and O–H groups in total. The molecule has 0 aliphatic carbocycles. The average Bonchev–Trinajstić information content (AvgIpc) is 3.76. The highest BCUT2D eigenvalue weighted by Crippen LogP contribution is 2.30. The number of nitriles is 2. The largest absolute Gasteiger partial charge is 0.463 e. The van der Waals surface area contributed by atoms with Crippen LogP contribution in [0, 0.1) is 22.7 Å². The second-order valence-electron chi connectivity index (χ2n) is 8.63. The average molecular weight is 551 g/mol. The van der Waals surface area contributed by atoms with Gasteiger partial charge in [-0.15, -0.1) is 0 Å². The number of furan rings is 2. The number of anilines is 2. The monoisotopic (exact) mass is 550 g/mol. The van der Waals surface area contributed by atoms with Crippen molar-refractivity contribution in [2.24, 2.45) is 0 Å². The van der Waals surface area contributed by atoms with Gasteiger partial charge in [-0.05, 0) is 35.9 Å². The molecule has 6 aromatic rings. The van der Waals surface area contributed by atoms with Crippen molar-refractivity contribution < 1.29 is 8.83 Å². The smallest absolute Gasteiger partial charge is 0.221 e. The van der Waals surface area contributed by atoms with Crippen molar-refractivity contribution >= 4 is 24.0 Å². The first-order valence-electron chi connectivity index (χ1n) is 12.6. The Balaban J connectivity index is 0.000000169. The summed E-state index contributed by atoms with van der Waals surface area (Å²) in [6, 6.07) is 30.3. The molecule has 0 aliphatic rings. The van der Waals surface area contributed by atoms with Gasteiger partial charge in [-0.3, -0.25) is 0 Å². The number of hydrogen-bond acceptors (Lipinski definition) is 10. The van der Waals surface area contributed by atoms with Crippen LogP contribution in [0.5, 0.6) is 0 Å². The second kappa shape index (κ2) is 12.6. The molecule has 0 spiro atoms. The fourth-order valence-electron chi connectivity index (χ4n) is 4.04. The van der Waals surface area contributed by atoms with Gasteiger partial charge < -0.3 is 20.3 Å². The van der Waals surface area contributed by atoms with E-state index in [1.165, 1.54) is 12.5 Å². The Morgan fingerprint density at radius 2 is 1.10 bits per heavy atom. The lowest BCUT2D eigenvalue weighted by atomic mass is 10.0. The summed E-state index contributed by atoms with van der Waals surface area (Å²) in [4.78, 5) is 16.6. The van der Waals surface area contributed by atoms with E-state index in [-0.39, 0.29) is 11.9 Å². The van der Waals surface area contributed by atoms with E-state index in [0.29, 0.717) is 45.4 Å². The Morgan fingerprint density at radius 1 is 0.571 bits per heavy atom. The third-order valence-corrected chi connectivity index (χ3v) is 5.89. The summed E-state index contributed by atoms with van der Waals surface area (Å²) in [6.45, 7) is 0. The summed E-state index contributed by atoms with van der Waals surface area (Å²) < 4.78 is 10.6. The lowest BCUT2D eigenvalue weighted by molar-refractivity contribution is 0.579. The van der Waals surface area contributed by atoms with E-state index < -0.39 is 0 Å². The summed E-state index contributed by atoms with van der Waals surface area (Å²) in [5, 5.41) is 18.9. The van der Waals surface area contributed by atoms with Crippen LogP contribution in [0.3, 0.4) is 0 Å². The minimum absolute atomic E-state index is 0.0955. The van der Waals surface area contributed by atoms with E-state index >= 15 is 0 Å². The van der Waals surface area contributed by atoms with Crippen molar-refractivity contribution in [2.45, 2.75) is 0 Å². The molecule has 6 rings (SSSR count). The summed E-state index contributed by atoms with van der Waals surface area (Å²) in [6.07, 6.45) is 6.66. The normalized spacial score (nSPS) is 10.4. The quantitative estimate of drug-likeness (QED) is 0.250. The molecule has 0 bridgehead atoms. The van der Waals surface area contributed by atoms with Crippen molar-refractivity contribution in [3.63, 3.8) is 0 Å². The molecule has 42 heavy (non-hydrogen) atoms. The summed E-state index contributed by atoms with van der Waals surface area (Å²) in [7, 11) is 0. The zero-order valence-corrected chi connectivity index (χ0v) is 22.0. The molecule has 0 saturated heterocycles.